The first kappa shape index (κ1) is 28.6. The average Bonchev–Trinajstić information content (AvgIpc) is 3.40. The summed E-state index contributed by atoms with van der Waals surface area (Å²) in [5.74, 6) is 0.394. The lowest BCUT2D eigenvalue weighted by atomic mass is 10.0. The summed E-state index contributed by atoms with van der Waals surface area (Å²) in [6.45, 7) is 3.43. The lowest BCUT2D eigenvalue weighted by Gasteiger charge is -2.32. The van der Waals surface area contributed by atoms with E-state index in [2.05, 4.69) is 15.6 Å². The Morgan fingerprint density at radius 1 is 1.00 bits per heavy atom. The van der Waals surface area contributed by atoms with Gasteiger partial charge in [0.2, 0.25) is 11.8 Å². The lowest BCUT2D eigenvalue weighted by Crippen LogP contribution is -2.45. The van der Waals surface area contributed by atoms with Gasteiger partial charge < -0.3 is 24.4 Å². The molecule has 0 radical (unpaired) electrons. The maximum atomic E-state index is 14.0. The molecular formula is C30H35N5O5. The van der Waals surface area contributed by atoms with Crippen LogP contribution in [0.5, 0.6) is 11.5 Å². The molecule has 0 aliphatic heterocycles. The van der Waals surface area contributed by atoms with E-state index in [0.29, 0.717) is 48.8 Å². The van der Waals surface area contributed by atoms with Gasteiger partial charge in [0.1, 0.15) is 29.6 Å². The number of para-hydroxylation sites is 1. The minimum atomic E-state index is -0.978. The molecule has 0 aliphatic rings. The monoisotopic (exact) mass is 545 g/mol. The highest BCUT2D eigenvalue weighted by molar-refractivity contribution is 5.90. The highest BCUT2D eigenvalue weighted by Gasteiger charge is 2.34. The van der Waals surface area contributed by atoms with E-state index in [-0.39, 0.29) is 24.9 Å². The van der Waals surface area contributed by atoms with Crippen molar-refractivity contribution in [1.82, 2.24) is 25.2 Å². The molecule has 0 aliphatic carbocycles. The smallest absolute Gasteiger partial charge is 0.247 e. The minimum absolute atomic E-state index is 0.0872. The molecule has 40 heavy (non-hydrogen) atoms. The van der Waals surface area contributed by atoms with E-state index in [9.17, 15) is 9.59 Å². The van der Waals surface area contributed by atoms with E-state index in [1.807, 2.05) is 61.5 Å². The number of nitrogens with zero attached hydrogens (tertiary/aromatic N) is 4. The standard InChI is InChI=1S/C30H35N5O5/c1-4-40-18-10-17-34(28(36)21-35-26-14-9-8-13-25(26)32-33-35)29(24-16-15-23(38-2)19-27(24)39-3)30(37)31-20-22-11-6-5-7-12-22/h5-9,11-16,19,29H,4,10,17-18,20-21H2,1-3H3,(H,31,37)/t29-/m1/s1. The normalized spacial score (nSPS) is 11.7. The van der Waals surface area contributed by atoms with Crippen LogP contribution in [0.1, 0.15) is 30.5 Å². The Labute approximate surface area is 233 Å². The fraction of sp³-hybridized carbons (Fsp3) is 0.333. The fourth-order valence-corrected chi connectivity index (χ4v) is 4.51. The number of methoxy groups -OCH3 is 2. The number of ether oxygens (including phenoxy) is 3. The van der Waals surface area contributed by atoms with Gasteiger partial charge in [-0.3, -0.25) is 9.59 Å². The number of rotatable bonds is 14. The van der Waals surface area contributed by atoms with Crippen molar-refractivity contribution in [3.05, 3.63) is 83.9 Å². The van der Waals surface area contributed by atoms with Gasteiger partial charge in [-0.2, -0.15) is 0 Å². The molecule has 0 bridgehead atoms. The number of fused-ring (bicyclic) bond motifs is 1. The number of hydrogen-bond acceptors (Lipinski definition) is 7. The van der Waals surface area contributed by atoms with Crippen LogP contribution in [0.25, 0.3) is 11.0 Å². The van der Waals surface area contributed by atoms with Gasteiger partial charge in [-0.05, 0) is 43.2 Å². The summed E-state index contributed by atoms with van der Waals surface area (Å²) in [6, 6.07) is 21.3. The second-order valence-electron chi connectivity index (χ2n) is 9.09. The van der Waals surface area contributed by atoms with Gasteiger partial charge >= 0.3 is 0 Å². The molecule has 1 aromatic heterocycles. The molecule has 0 saturated heterocycles. The molecule has 1 heterocycles. The average molecular weight is 546 g/mol. The van der Waals surface area contributed by atoms with Crippen LogP contribution < -0.4 is 14.8 Å². The van der Waals surface area contributed by atoms with Gasteiger partial charge in [-0.15, -0.1) is 5.10 Å². The van der Waals surface area contributed by atoms with Crippen LogP contribution in [0.3, 0.4) is 0 Å². The van der Waals surface area contributed by atoms with Crippen LogP contribution in [0, 0.1) is 0 Å². The summed E-state index contributed by atoms with van der Waals surface area (Å²) >= 11 is 0. The number of hydrogen-bond donors (Lipinski definition) is 1. The zero-order valence-electron chi connectivity index (χ0n) is 23.1. The number of carbonyl (C=O) groups is 2. The molecule has 0 fully saturated rings. The third-order valence-corrected chi connectivity index (χ3v) is 6.52. The molecule has 0 spiro atoms. The molecule has 10 heteroatoms. The van der Waals surface area contributed by atoms with Crippen LogP contribution in [0.2, 0.25) is 0 Å². The van der Waals surface area contributed by atoms with Gasteiger partial charge in [-0.25, -0.2) is 4.68 Å². The second-order valence-corrected chi connectivity index (χ2v) is 9.09. The topological polar surface area (TPSA) is 108 Å². The Kier molecular flexibility index (Phi) is 10.1. The Morgan fingerprint density at radius 3 is 2.52 bits per heavy atom. The number of aromatic nitrogens is 3. The number of nitrogens with one attached hydrogen (secondary N) is 1. The molecule has 1 N–H and O–H groups in total. The van der Waals surface area contributed by atoms with E-state index in [4.69, 9.17) is 14.2 Å². The van der Waals surface area contributed by atoms with Crippen LogP contribution in [-0.4, -0.2) is 65.7 Å². The summed E-state index contributed by atoms with van der Waals surface area (Å²) < 4.78 is 18.1. The fourth-order valence-electron chi connectivity index (χ4n) is 4.51. The van der Waals surface area contributed by atoms with E-state index in [0.717, 1.165) is 11.1 Å². The first-order valence-corrected chi connectivity index (χ1v) is 13.2. The number of carbonyl (C=O) groups excluding carboxylic acids is 2. The van der Waals surface area contributed by atoms with E-state index in [1.165, 1.54) is 7.11 Å². The second kappa shape index (κ2) is 14.1. The summed E-state index contributed by atoms with van der Waals surface area (Å²) in [6.07, 6.45) is 0.540. The van der Waals surface area contributed by atoms with Crippen molar-refractivity contribution in [2.45, 2.75) is 32.5 Å². The van der Waals surface area contributed by atoms with E-state index >= 15 is 0 Å². The molecule has 1 atom stereocenters. The maximum absolute atomic E-state index is 14.0. The third kappa shape index (κ3) is 6.95. The van der Waals surface area contributed by atoms with Crippen LogP contribution >= 0.6 is 0 Å². The Hall–Kier alpha value is -4.44. The first-order chi connectivity index (χ1) is 19.5. The summed E-state index contributed by atoms with van der Waals surface area (Å²) in [4.78, 5) is 29.5. The summed E-state index contributed by atoms with van der Waals surface area (Å²) in [7, 11) is 3.09. The zero-order chi connectivity index (χ0) is 28.3. The first-order valence-electron chi connectivity index (χ1n) is 13.2. The molecule has 0 unspecified atom stereocenters. The molecule has 3 aromatic carbocycles. The van der Waals surface area contributed by atoms with Crippen molar-refractivity contribution in [3.63, 3.8) is 0 Å². The van der Waals surface area contributed by atoms with Crippen molar-refractivity contribution in [1.29, 1.82) is 0 Å². The predicted octanol–water partition coefficient (Wildman–Crippen LogP) is 3.76. The Balaban J connectivity index is 1.71. The molecule has 0 saturated carbocycles. The quantitative estimate of drug-likeness (QED) is 0.240. The molecule has 4 aromatic rings. The SMILES string of the molecule is CCOCCCN(C(=O)Cn1nnc2ccccc21)[C@@H](C(=O)NCc1ccccc1)c1ccc(OC)cc1OC. The third-order valence-electron chi connectivity index (χ3n) is 6.52. The molecular weight excluding hydrogens is 510 g/mol. The van der Waals surface area contributed by atoms with Crippen molar-refractivity contribution >= 4 is 22.8 Å². The van der Waals surface area contributed by atoms with Gasteiger partial charge in [0.05, 0.1) is 19.7 Å². The molecule has 2 amide bonds. The molecule has 4 rings (SSSR count). The van der Waals surface area contributed by atoms with Gasteiger partial charge in [-0.1, -0.05) is 47.7 Å². The maximum Gasteiger partial charge on any atom is 0.247 e. The Bertz CT molecular complexity index is 1410. The van der Waals surface area contributed by atoms with E-state index < -0.39 is 6.04 Å². The minimum Gasteiger partial charge on any atom is -0.497 e. The van der Waals surface area contributed by atoms with Crippen LogP contribution in [0.4, 0.5) is 0 Å². The summed E-state index contributed by atoms with van der Waals surface area (Å²) in [5.41, 5.74) is 2.91. The highest BCUT2D eigenvalue weighted by Crippen LogP contribution is 2.33. The largest absolute Gasteiger partial charge is 0.497 e. The van der Waals surface area contributed by atoms with Gasteiger partial charge in [0, 0.05) is 37.9 Å². The van der Waals surface area contributed by atoms with Gasteiger partial charge in [0.25, 0.3) is 0 Å². The van der Waals surface area contributed by atoms with Crippen molar-refractivity contribution < 1.29 is 23.8 Å². The van der Waals surface area contributed by atoms with E-state index in [1.54, 1.807) is 34.9 Å². The predicted molar refractivity (Wildman–Crippen MR) is 151 cm³/mol. The molecule has 10 nitrogen and oxygen atoms in total. The number of amides is 2. The van der Waals surface area contributed by atoms with Crippen LogP contribution in [0.15, 0.2) is 72.8 Å². The zero-order valence-corrected chi connectivity index (χ0v) is 23.1. The number of benzene rings is 3. The van der Waals surface area contributed by atoms with Crippen molar-refractivity contribution in [2.75, 3.05) is 34.0 Å². The molecule has 210 valence electrons. The summed E-state index contributed by atoms with van der Waals surface area (Å²) in [5, 5.41) is 11.4. The lowest BCUT2D eigenvalue weighted by molar-refractivity contribution is -0.141. The van der Waals surface area contributed by atoms with Crippen LogP contribution in [-0.2, 0) is 27.4 Å². The highest BCUT2D eigenvalue weighted by atomic mass is 16.5. The van der Waals surface area contributed by atoms with Crippen molar-refractivity contribution in [2.24, 2.45) is 0 Å². The van der Waals surface area contributed by atoms with Crippen molar-refractivity contribution in [3.8, 4) is 11.5 Å². The Morgan fingerprint density at radius 2 is 1.77 bits per heavy atom. The van der Waals surface area contributed by atoms with Gasteiger partial charge in [0.15, 0.2) is 0 Å².